The van der Waals surface area contributed by atoms with E-state index in [1.807, 2.05) is 0 Å². The lowest BCUT2D eigenvalue weighted by Gasteiger charge is -2.18. The fourth-order valence-electron chi connectivity index (χ4n) is 2.68. The second-order valence-corrected chi connectivity index (χ2v) is 7.78. The van der Waals surface area contributed by atoms with E-state index < -0.39 is 0 Å². The van der Waals surface area contributed by atoms with E-state index in [2.05, 4.69) is 15.5 Å². The van der Waals surface area contributed by atoms with Gasteiger partial charge in [-0.15, -0.1) is 10.2 Å². The van der Waals surface area contributed by atoms with E-state index in [0.717, 1.165) is 11.8 Å². The molecular formula is C18H15Cl2N5O3S. The number of rotatable bonds is 5. The summed E-state index contributed by atoms with van der Waals surface area (Å²) in [4.78, 5) is 12.3. The molecule has 0 aliphatic carbocycles. The first-order valence-electron chi connectivity index (χ1n) is 8.49. The van der Waals surface area contributed by atoms with Crippen LogP contribution in [0, 0.1) is 0 Å². The molecule has 2 aromatic carbocycles. The summed E-state index contributed by atoms with van der Waals surface area (Å²) in [5.41, 5.74) is 1.17. The summed E-state index contributed by atoms with van der Waals surface area (Å²) in [7, 11) is 0. The lowest BCUT2D eigenvalue weighted by molar-refractivity contribution is -0.113. The number of ether oxygens (including phenoxy) is 2. The number of benzene rings is 2. The predicted molar refractivity (Wildman–Crippen MR) is 112 cm³/mol. The Kier molecular flexibility index (Phi) is 5.70. The van der Waals surface area contributed by atoms with Gasteiger partial charge in [0, 0.05) is 22.3 Å². The van der Waals surface area contributed by atoms with Gasteiger partial charge < -0.3 is 20.6 Å². The van der Waals surface area contributed by atoms with Crippen molar-refractivity contribution in [2.75, 3.05) is 30.1 Å². The van der Waals surface area contributed by atoms with Gasteiger partial charge in [0.2, 0.25) is 11.1 Å². The molecule has 1 aliphatic heterocycles. The highest BCUT2D eigenvalue weighted by molar-refractivity contribution is 7.99. The van der Waals surface area contributed by atoms with Crippen LogP contribution in [-0.4, -0.2) is 39.7 Å². The Hall–Kier alpha value is -2.62. The zero-order chi connectivity index (χ0) is 20.4. The Balaban J connectivity index is 1.41. The number of nitrogens with two attached hydrogens (primary N) is 1. The maximum atomic E-state index is 12.3. The SMILES string of the molecule is Nn1c(SCC(=O)Nc2ccc3c(c2)OCCO3)nnc1-c1cc(Cl)ccc1Cl. The molecule has 0 saturated carbocycles. The number of hydrogen-bond acceptors (Lipinski definition) is 7. The van der Waals surface area contributed by atoms with Gasteiger partial charge >= 0.3 is 0 Å². The Morgan fingerprint density at radius 3 is 2.76 bits per heavy atom. The minimum absolute atomic E-state index is 0.0903. The normalized spacial score (nSPS) is 12.6. The molecule has 2 heterocycles. The lowest BCUT2D eigenvalue weighted by Crippen LogP contribution is -2.18. The van der Waals surface area contributed by atoms with Crippen molar-refractivity contribution in [3.8, 4) is 22.9 Å². The van der Waals surface area contributed by atoms with Gasteiger partial charge in [-0.25, -0.2) is 4.68 Å². The smallest absolute Gasteiger partial charge is 0.234 e. The van der Waals surface area contributed by atoms with E-state index in [9.17, 15) is 4.79 Å². The van der Waals surface area contributed by atoms with Gasteiger partial charge in [-0.05, 0) is 30.3 Å². The van der Waals surface area contributed by atoms with Gasteiger partial charge in [-0.2, -0.15) is 0 Å². The van der Waals surface area contributed by atoms with Gasteiger partial charge in [0.05, 0.1) is 10.8 Å². The summed E-state index contributed by atoms with van der Waals surface area (Å²) in [6, 6.07) is 10.2. The first kappa shape index (κ1) is 19.7. The first-order chi connectivity index (χ1) is 14.0. The van der Waals surface area contributed by atoms with Gasteiger partial charge in [0.15, 0.2) is 17.3 Å². The van der Waals surface area contributed by atoms with Crippen molar-refractivity contribution in [2.24, 2.45) is 0 Å². The topological polar surface area (TPSA) is 104 Å². The van der Waals surface area contributed by atoms with E-state index in [1.165, 1.54) is 4.68 Å². The number of amides is 1. The van der Waals surface area contributed by atoms with E-state index in [4.69, 9.17) is 38.5 Å². The molecule has 1 amide bonds. The fourth-order valence-corrected chi connectivity index (χ4v) is 3.71. The maximum absolute atomic E-state index is 12.3. The molecule has 0 spiro atoms. The minimum Gasteiger partial charge on any atom is -0.486 e. The van der Waals surface area contributed by atoms with Crippen LogP contribution in [0.4, 0.5) is 5.69 Å². The molecule has 29 heavy (non-hydrogen) atoms. The highest BCUT2D eigenvalue weighted by Crippen LogP contribution is 2.33. The number of aromatic nitrogens is 3. The lowest BCUT2D eigenvalue weighted by atomic mass is 10.2. The van der Waals surface area contributed by atoms with E-state index >= 15 is 0 Å². The van der Waals surface area contributed by atoms with E-state index in [-0.39, 0.29) is 11.7 Å². The maximum Gasteiger partial charge on any atom is 0.234 e. The molecule has 3 N–H and O–H groups in total. The second kappa shape index (κ2) is 8.40. The number of carbonyl (C=O) groups excluding carboxylic acids is 1. The molecule has 0 bridgehead atoms. The molecule has 150 valence electrons. The van der Waals surface area contributed by atoms with Crippen molar-refractivity contribution in [2.45, 2.75) is 5.16 Å². The van der Waals surface area contributed by atoms with Crippen molar-refractivity contribution in [1.82, 2.24) is 14.9 Å². The predicted octanol–water partition coefficient (Wildman–Crippen LogP) is 3.47. The Morgan fingerprint density at radius 2 is 1.93 bits per heavy atom. The number of fused-ring (bicyclic) bond motifs is 1. The van der Waals surface area contributed by atoms with Crippen LogP contribution in [0.1, 0.15) is 0 Å². The fraction of sp³-hybridized carbons (Fsp3) is 0.167. The quantitative estimate of drug-likeness (QED) is 0.451. The molecule has 4 rings (SSSR count). The molecule has 0 unspecified atom stereocenters. The van der Waals surface area contributed by atoms with Gasteiger partial charge in [0.25, 0.3) is 0 Å². The van der Waals surface area contributed by atoms with E-state index in [0.29, 0.717) is 57.0 Å². The van der Waals surface area contributed by atoms with Crippen LogP contribution in [-0.2, 0) is 4.79 Å². The minimum atomic E-state index is -0.225. The molecule has 0 fully saturated rings. The number of thioether (sulfide) groups is 1. The van der Waals surface area contributed by atoms with Crippen LogP contribution >= 0.6 is 35.0 Å². The Labute approximate surface area is 180 Å². The summed E-state index contributed by atoms with van der Waals surface area (Å²) in [6.07, 6.45) is 0. The van der Waals surface area contributed by atoms with Crippen LogP contribution in [0.2, 0.25) is 10.0 Å². The van der Waals surface area contributed by atoms with Crippen LogP contribution in [0.15, 0.2) is 41.6 Å². The highest BCUT2D eigenvalue weighted by atomic mass is 35.5. The number of nitrogens with one attached hydrogen (secondary N) is 1. The Bertz CT molecular complexity index is 1080. The van der Waals surface area contributed by atoms with Crippen molar-refractivity contribution in [3.05, 3.63) is 46.4 Å². The average Bonchev–Trinajstić information content (AvgIpc) is 3.08. The first-order valence-corrected chi connectivity index (χ1v) is 10.2. The molecule has 0 saturated heterocycles. The largest absolute Gasteiger partial charge is 0.486 e. The molecule has 8 nitrogen and oxygen atoms in total. The van der Waals surface area contributed by atoms with Crippen molar-refractivity contribution < 1.29 is 14.3 Å². The molecule has 1 aliphatic rings. The Morgan fingerprint density at radius 1 is 1.14 bits per heavy atom. The number of halogens is 2. The van der Waals surface area contributed by atoms with Crippen molar-refractivity contribution in [1.29, 1.82) is 0 Å². The molecule has 0 atom stereocenters. The number of hydrogen-bond donors (Lipinski definition) is 2. The van der Waals surface area contributed by atoms with Crippen molar-refractivity contribution in [3.63, 3.8) is 0 Å². The molecule has 11 heteroatoms. The molecule has 3 aromatic rings. The third-order valence-electron chi connectivity index (χ3n) is 3.99. The van der Waals surface area contributed by atoms with Crippen LogP contribution < -0.4 is 20.6 Å². The summed E-state index contributed by atoms with van der Waals surface area (Å²) in [6.45, 7) is 0.989. The van der Waals surface area contributed by atoms with Gasteiger partial charge in [-0.1, -0.05) is 35.0 Å². The van der Waals surface area contributed by atoms with Gasteiger partial charge in [0.1, 0.15) is 13.2 Å². The zero-order valence-corrected chi connectivity index (χ0v) is 17.2. The second-order valence-electron chi connectivity index (χ2n) is 6.00. The standard InChI is InChI=1S/C18H15Cl2N5O3S/c19-10-1-3-13(20)12(7-10)17-23-24-18(25(17)21)29-9-16(26)22-11-2-4-14-15(8-11)28-6-5-27-14/h1-4,7-8H,5-6,9,21H2,(H,22,26). The summed E-state index contributed by atoms with van der Waals surface area (Å²) in [5, 5.41) is 12.2. The van der Waals surface area contributed by atoms with E-state index in [1.54, 1.807) is 36.4 Å². The zero-order valence-electron chi connectivity index (χ0n) is 14.9. The van der Waals surface area contributed by atoms with Gasteiger partial charge in [-0.3, -0.25) is 4.79 Å². The number of carbonyl (C=O) groups is 1. The molecule has 1 aromatic heterocycles. The summed E-state index contributed by atoms with van der Waals surface area (Å²) >= 11 is 13.4. The van der Waals surface area contributed by atoms with Crippen LogP contribution in [0.25, 0.3) is 11.4 Å². The van der Waals surface area contributed by atoms with Crippen LogP contribution in [0.5, 0.6) is 11.5 Å². The van der Waals surface area contributed by atoms with Crippen molar-refractivity contribution >= 4 is 46.6 Å². The number of nitrogens with zero attached hydrogens (tertiary/aromatic N) is 3. The third kappa shape index (κ3) is 4.36. The molecular weight excluding hydrogens is 437 g/mol. The monoisotopic (exact) mass is 451 g/mol. The average molecular weight is 452 g/mol. The molecule has 0 radical (unpaired) electrons. The number of anilines is 1. The highest BCUT2D eigenvalue weighted by Gasteiger charge is 2.17. The summed E-state index contributed by atoms with van der Waals surface area (Å²) < 4.78 is 12.3. The number of nitrogen functional groups attached to an aromatic ring is 1. The third-order valence-corrected chi connectivity index (χ3v) is 5.50. The van der Waals surface area contributed by atoms with Crippen LogP contribution in [0.3, 0.4) is 0 Å². The summed E-state index contributed by atoms with van der Waals surface area (Å²) in [5.74, 6) is 7.56.